The molecule has 2 N–H and O–H groups in total. The zero-order valence-corrected chi connectivity index (χ0v) is 5.12. The van der Waals surface area contributed by atoms with E-state index < -0.39 is 11.4 Å². The third-order valence-electron chi connectivity index (χ3n) is 0. The molecule has 36 valence electrons. The Morgan fingerprint density at radius 2 is 1.40 bits per heavy atom. The summed E-state index contributed by atoms with van der Waals surface area (Å²) in [6.07, 6.45) is 0. The summed E-state index contributed by atoms with van der Waals surface area (Å²) in [5.41, 5.74) is 0. The van der Waals surface area contributed by atoms with Gasteiger partial charge in [-0.1, -0.05) is 0 Å². The number of hydrogen-bond acceptors (Lipinski definition) is 1. The minimum atomic E-state index is -2.61. The van der Waals surface area contributed by atoms with Gasteiger partial charge in [0.15, 0.2) is 0 Å². The van der Waals surface area contributed by atoms with E-state index >= 15 is 0 Å². The summed E-state index contributed by atoms with van der Waals surface area (Å²) in [6.45, 7) is 0. The third kappa shape index (κ3) is 63.0. The van der Waals surface area contributed by atoms with Crippen LogP contribution in [0.5, 0.6) is 0 Å². The largest absolute Gasteiger partial charge is 0.299 e. The molecule has 0 spiro atoms. The van der Waals surface area contributed by atoms with Gasteiger partial charge in [-0.05, 0) is 0 Å². The molecule has 0 fully saturated rings. The SMILES string of the molecule is O=S(O)O.[Pt]. The molecule has 0 radical (unpaired) electrons. The maximum absolute atomic E-state index is 8.67. The van der Waals surface area contributed by atoms with Crippen molar-refractivity contribution >= 4 is 11.4 Å². The monoisotopic (exact) mass is 277 g/mol. The molecular formula is H2O3PtS. The van der Waals surface area contributed by atoms with Gasteiger partial charge in [0.05, 0.1) is 0 Å². The second-order valence-electron chi connectivity index (χ2n) is 0.231. The minimum absolute atomic E-state index is 0. The molecule has 0 rings (SSSR count). The van der Waals surface area contributed by atoms with E-state index in [1.54, 1.807) is 0 Å². The molecule has 0 atom stereocenters. The van der Waals surface area contributed by atoms with Gasteiger partial charge in [-0.2, -0.15) is 4.21 Å². The van der Waals surface area contributed by atoms with Crippen molar-refractivity contribution in [3.63, 3.8) is 0 Å². The maximum Gasteiger partial charge on any atom is 0.299 e. The van der Waals surface area contributed by atoms with Crippen LogP contribution in [0, 0.1) is 0 Å². The Balaban J connectivity index is 0. The fourth-order valence-electron chi connectivity index (χ4n) is 0. The molecule has 0 aromatic rings. The van der Waals surface area contributed by atoms with E-state index in [1.165, 1.54) is 0 Å². The van der Waals surface area contributed by atoms with E-state index in [1.807, 2.05) is 0 Å². The molecule has 0 saturated carbocycles. The molecular weight excluding hydrogens is 275 g/mol. The first-order valence-corrected chi connectivity index (χ1v) is 1.60. The van der Waals surface area contributed by atoms with E-state index in [0.29, 0.717) is 0 Å². The van der Waals surface area contributed by atoms with Crippen molar-refractivity contribution in [3.8, 4) is 0 Å². The second kappa shape index (κ2) is 4.76. The minimum Gasteiger partial charge on any atom is -0.284 e. The third-order valence-corrected chi connectivity index (χ3v) is 0. The molecule has 5 heavy (non-hydrogen) atoms. The Labute approximate surface area is 46.1 Å². The van der Waals surface area contributed by atoms with Crippen LogP contribution in [-0.4, -0.2) is 13.3 Å². The van der Waals surface area contributed by atoms with Gasteiger partial charge in [-0.3, -0.25) is 9.11 Å². The molecule has 0 aromatic heterocycles. The number of rotatable bonds is 0. The summed E-state index contributed by atoms with van der Waals surface area (Å²) >= 11 is -2.61. The molecule has 5 heteroatoms. The van der Waals surface area contributed by atoms with E-state index in [-0.39, 0.29) is 21.1 Å². The average molecular weight is 277 g/mol. The summed E-state index contributed by atoms with van der Waals surface area (Å²) in [4.78, 5) is 0. The van der Waals surface area contributed by atoms with Gasteiger partial charge in [0.25, 0.3) is 11.4 Å². The molecule has 3 nitrogen and oxygen atoms in total. The molecule has 0 amide bonds. The molecule has 0 saturated heterocycles. The van der Waals surface area contributed by atoms with Crippen molar-refractivity contribution in [1.29, 1.82) is 0 Å². The summed E-state index contributed by atoms with van der Waals surface area (Å²) in [5, 5.41) is 0. The van der Waals surface area contributed by atoms with E-state index in [0.717, 1.165) is 0 Å². The van der Waals surface area contributed by atoms with Crippen molar-refractivity contribution in [2.75, 3.05) is 0 Å². The van der Waals surface area contributed by atoms with Crippen molar-refractivity contribution in [3.05, 3.63) is 0 Å². The smallest absolute Gasteiger partial charge is 0.284 e. The van der Waals surface area contributed by atoms with Gasteiger partial charge in [-0.15, -0.1) is 0 Å². The van der Waals surface area contributed by atoms with Gasteiger partial charge >= 0.3 is 0 Å². The van der Waals surface area contributed by atoms with Crippen molar-refractivity contribution < 1.29 is 34.4 Å². The predicted octanol–water partition coefficient (Wildman–Crippen LogP) is -0.321. The van der Waals surface area contributed by atoms with Crippen LogP contribution in [0.3, 0.4) is 0 Å². The van der Waals surface area contributed by atoms with Crippen molar-refractivity contribution in [2.45, 2.75) is 0 Å². The van der Waals surface area contributed by atoms with Crippen LogP contribution in [0.4, 0.5) is 0 Å². The van der Waals surface area contributed by atoms with E-state index in [2.05, 4.69) is 0 Å². The van der Waals surface area contributed by atoms with E-state index in [9.17, 15) is 0 Å². The quantitative estimate of drug-likeness (QED) is 0.597. The Morgan fingerprint density at radius 1 is 1.40 bits per heavy atom. The van der Waals surface area contributed by atoms with Gasteiger partial charge in [0, 0.05) is 21.1 Å². The van der Waals surface area contributed by atoms with Crippen LogP contribution in [0.1, 0.15) is 0 Å². The Kier molecular flexibility index (Phi) is 8.78. The maximum atomic E-state index is 8.67. The second-order valence-corrected chi connectivity index (χ2v) is 0.692. The fourth-order valence-corrected chi connectivity index (χ4v) is 0. The van der Waals surface area contributed by atoms with Crippen molar-refractivity contribution in [1.82, 2.24) is 0 Å². The molecule has 0 aromatic carbocycles. The fraction of sp³-hybridized carbons (Fsp3) is 0. The Bertz CT molecular complexity index is 29.9. The summed E-state index contributed by atoms with van der Waals surface area (Å²) < 4.78 is 22.8. The first-order chi connectivity index (χ1) is 1.73. The standard InChI is InChI=1S/H2O3S.Pt/c1-4(2)3;/h(H2,1,2,3);. The summed E-state index contributed by atoms with van der Waals surface area (Å²) in [5.74, 6) is 0. The topological polar surface area (TPSA) is 57.5 Å². The van der Waals surface area contributed by atoms with Crippen LogP contribution in [0.15, 0.2) is 0 Å². The van der Waals surface area contributed by atoms with E-state index in [4.69, 9.17) is 13.3 Å². The molecule has 0 aliphatic rings. The zero-order chi connectivity index (χ0) is 3.58. The van der Waals surface area contributed by atoms with Gasteiger partial charge < -0.3 is 0 Å². The summed E-state index contributed by atoms with van der Waals surface area (Å²) in [7, 11) is 0. The first-order valence-electron chi connectivity index (χ1n) is 0.532. The number of hydrogen-bond donors (Lipinski definition) is 2. The van der Waals surface area contributed by atoms with Crippen LogP contribution < -0.4 is 0 Å². The van der Waals surface area contributed by atoms with Crippen LogP contribution >= 0.6 is 0 Å². The first kappa shape index (κ1) is 9.23. The van der Waals surface area contributed by atoms with Crippen LogP contribution in [-0.2, 0) is 32.4 Å². The molecule has 0 unspecified atom stereocenters. The Hall–Kier alpha value is 0.758. The normalized spacial score (nSPS) is 7.00. The van der Waals surface area contributed by atoms with Gasteiger partial charge in [-0.25, -0.2) is 0 Å². The molecule has 0 bridgehead atoms. The Morgan fingerprint density at radius 3 is 1.40 bits per heavy atom. The van der Waals surface area contributed by atoms with Crippen LogP contribution in [0.2, 0.25) is 0 Å². The molecule has 0 aliphatic carbocycles. The predicted molar refractivity (Wildman–Crippen MR) is 13.4 cm³/mol. The molecule has 0 aliphatic heterocycles. The van der Waals surface area contributed by atoms with Crippen molar-refractivity contribution in [2.24, 2.45) is 0 Å². The van der Waals surface area contributed by atoms with Gasteiger partial charge in [0.2, 0.25) is 0 Å². The summed E-state index contributed by atoms with van der Waals surface area (Å²) in [6, 6.07) is 0. The molecule has 0 heterocycles. The zero-order valence-electron chi connectivity index (χ0n) is 2.03. The van der Waals surface area contributed by atoms with Crippen LogP contribution in [0.25, 0.3) is 0 Å². The average Bonchev–Trinajstić information content (AvgIpc) is 0.811. The van der Waals surface area contributed by atoms with Gasteiger partial charge in [0.1, 0.15) is 0 Å².